The van der Waals surface area contributed by atoms with Crippen LogP contribution in [0, 0.1) is 0 Å². The number of amides is 1. The maximum atomic E-state index is 12.2. The summed E-state index contributed by atoms with van der Waals surface area (Å²) < 4.78 is 5.50. The highest BCUT2D eigenvalue weighted by Gasteiger charge is 2.30. The lowest BCUT2D eigenvalue weighted by Gasteiger charge is -2.31. The van der Waals surface area contributed by atoms with Gasteiger partial charge in [0.25, 0.3) is 0 Å². The van der Waals surface area contributed by atoms with E-state index in [9.17, 15) is 4.79 Å². The Hall–Kier alpha value is -1.39. The molecule has 1 fully saturated rings. The van der Waals surface area contributed by atoms with Crippen molar-refractivity contribution in [3.8, 4) is 0 Å². The lowest BCUT2D eigenvalue weighted by atomic mass is 10.1. The lowest BCUT2D eigenvalue weighted by molar-refractivity contribution is -0.145. The Morgan fingerprint density at radius 2 is 2.06 bits per heavy atom. The molecule has 1 aliphatic rings. The Kier molecular flexibility index (Phi) is 4.33. The van der Waals surface area contributed by atoms with Gasteiger partial charge in [0.15, 0.2) is 6.23 Å². The van der Waals surface area contributed by atoms with Gasteiger partial charge in [0, 0.05) is 19.2 Å². The molecule has 0 aromatic heterocycles. The Labute approximate surface area is 108 Å². The van der Waals surface area contributed by atoms with Crippen LogP contribution < -0.4 is 5.73 Å². The lowest BCUT2D eigenvalue weighted by Crippen LogP contribution is -2.44. The second-order valence-electron chi connectivity index (χ2n) is 4.63. The molecule has 0 aliphatic carbocycles. The Morgan fingerprint density at radius 1 is 1.33 bits per heavy atom. The van der Waals surface area contributed by atoms with Gasteiger partial charge in [-0.1, -0.05) is 30.3 Å². The summed E-state index contributed by atoms with van der Waals surface area (Å²) >= 11 is 0. The zero-order valence-corrected chi connectivity index (χ0v) is 10.7. The van der Waals surface area contributed by atoms with E-state index < -0.39 is 6.04 Å². The van der Waals surface area contributed by atoms with E-state index in [1.54, 1.807) is 12.0 Å². The molecule has 1 saturated heterocycles. The van der Waals surface area contributed by atoms with Crippen LogP contribution in [0.5, 0.6) is 0 Å². The fourth-order valence-corrected chi connectivity index (χ4v) is 2.39. The van der Waals surface area contributed by atoms with Crippen molar-refractivity contribution in [1.82, 2.24) is 4.90 Å². The van der Waals surface area contributed by atoms with Gasteiger partial charge in [0.05, 0.1) is 6.04 Å². The average molecular weight is 248 g/mol. The molecule has 0 radical (unpaired) electrons. The first-order chi connectivity index (χ1) is 8.74. The Morgan fingerprint density at radius 3 is 2.72 bits per heavy atom. The van der Waals surface area contributed by atoms with Gasteiger partial charge in [0.1, 0.15) is 0 Å². The quantitative estimate of drug-likeness (QED) is 0.885. The predicted octanol–water partition coefficient (Wildman–Crippen LogP) is 1.67. The van der Waals surface area contributed by atoms with Gasteiger partial charge < -0.3 is 15.4 Å². The van der Waals surface area contributed by atoms with Crippen molar-refractivity contribution in [2.24, 2.45) is 5.73 Å². The first-order valence-corrected chi connectivity index (χ1v) is 6.38. The Balaban J connectivity index is 2.23. The minimum Gasteiger partial charge on any atom is -0.357 e. The number of methoxy groups -OCH3 is 1. The van der Waals surface area contributed by atoms with Gasteiger partial charge in [-0.3, -0.25) is 4.79 Å². The third-order valence-electron chi connectivity index (χ3n) is 3.36. The second-order valence-corrected chi connectivity index (χ2v) is 4.63. The number of rotatable bonds is 3. The molecule has 0 bridgehead atoms. The zero-order valence-electron chi connectivity index (χ0n) is 10.7. The van der Waals surface area contributed by atoms with Crippen LogP contribution in [0.15, 0.2) is 30.3 Å². The van der Waals surface area contributed by atoms with Gasteiger partial charge >= 0.3 is 0 Å². The monoisotopic (exact) mass is 248 g/mol. The largest absolute Gasteiger partial charge is 0.357 e. The van der Waals surface area contributed by atoms with E-state index in [0.717, 1.165) is 24.8 Å². The summed E-state index contributed by atoms with van der Waals surface area (Å²) in [6.45, 7) is 0.708. The molecule has 1 aliphatic heterocycles. The highest BCUT2D eigenvalue weighted by Crippen LogP contribution is 2.25. The number of ether oxygens (including phenoxy) is 1. The standard InChI is InChI=1S/C14H20N2O2/c1-18-14(11-7-3-2-4-8-11)16-10-6-5-9-12(15)13(16)17/h2-4,7-8,12,14H,5-6,9-10,15H2,1H3/t12-,14?/m0/s1. The maximum absolute atomic E-state index is 12.2. The van der Waals surface area contributed by atoms with Crippen molar-refractivity contribution in [3.05, 3.63) is 35.9 Å². The van der Waals surface area contributed by atoms with Crippen LogP contribution >= 0.6 is 0 Å². The first-order valence-electron chi connectivity index (χ1n) is 6.38. The van der Waals surface area contributed by atoms with E-state index in [0.29, 0.717) is 6.54 Å². The number of carbonyl (C=O) groups is 1. The van der Waals surface area contributed by atoms with Crippen LogP contribution in [0.2, 0.25) is 0 Å². The highest BCUT2D eigenvalue weighted by atomic mass is 16.5. The Bertz CT molecular complexity index is 394. The van der Waals surface area contributed by atoms with Crippen molar-refractivity contribution in [1.29, 1.82) is 0 Å². The van der Waals surface area contributed by atoms with Crippen molar-refractivity contribution in [2.75, 3.05) is 13.7 Å². The zero-order chi connectivity index (χ0) is 13.0. The van der Waals surface area contributed by atoms with Gasteiger partial charge in [-0.2, -0.15) is 0 Å². The molecule has 2 atom stereocenters. The molecule has 18 heavy (non-hydrogen) atoms. The van der Waals surface area contributed by atoms with Crippen LogP contribution in [0.3, 0.4) is 0 Å². The molecule has 98 valence electrons. The van der Waals surface area contributed by atoms with E-state index in [1.165, 1.54) is 0 Å². The van der Waals surface area contributed by atoms with Crippen molar-refractivity contribution in [3.63, 3.8) is 0 Å². The minimum absolute atomic E-state index is 0.0109. The number of nitrogens with two attached hydrogens (primary N) is 1. The molecular formula is C14H20N2O2. The van der Waals surface area contributed by atoms with E-state index in [4.69, 9.17) is 10.5 Å². The van der Waals surface area contributed by atoms with Crippen LogP contribution in [-0.2, 0) is 9.53 Å². The maximum Gasteiger partial charge on any atom is 0.241 e. The third-order valence-corrected chi connectivity index (χ3v) is 3.36. The second kappa shape index (κ2) is 5.98. The summed E-state index contributed by atoms with van der Waals surface area (Å²) in [6, 6.07) is 9.39. The van der Waals surface area contributed by atoms with Gasteiger partial charge in [0.2, 0.25) is 5.91 Å². The van der Waals surface area contributed by atoms with Crippen LogP contribution in [0.4, 0.5) is 0 Å². The summed E-state index contributed by atoms with van der Waals surface area (Å²) in [5.41, 5.74) is 6.88. The van der Waals surface area contributed by atoms with Crippen molar-refractivity contribution < 1.29 is 9.53 Å². The molecule has 1 heterocycles. The van der Waals surface area contributed by atoms with Crippen LogP contribution in [0.1, 0.15) is 31.1 Å². The fraction of sp³-hybridized carbons (Fsp3) is 0.500. The minimum atomic E-state index is -0.395. The summed E-state index contributed by atoms with van der Waals surface area (Å²) in [6.07, 6.45) is 2.41. The van der Waals surface area contributed by atoms with Crippen LogP contribution in [0.25, 0.3) is 0 Å². The predicted molar refractivity (Wildman–Crippen MR) is 69.7 cm³/mol. The van der Waals surface area contributed by atoms with E-state index in [-0.39, 0.29) is 12.1 Å². The number of likely N-dealkylation sites (tertiary alicyclic amines) is 1. The van der Waals surface area contributed by atoms with Gasteiger partial charge in [-0.25, -0.2) is 0 Å². The molecule has 0 saturated carbocycles. The van der Waals surface area contributed by atoms with Crippen molar-refractivity contribution in [2.45, 2.75) is 31.5 Å². The van der Waals surface area contributed by atoms with E-state index >= 15 is 0 Å². The molecule has 1 aromatic rings. The highest BCUT2D eigenvalue weighted by molar-refractivity contribution is 5.82. The summed E-state index contributed by atoms with van der Waals surface area (Å²) in [5.74, 6) is -0.0109. The van der Waals surface area contributed by atoms with E-state index in [2.05, 4.69) is 0 Å². The molecule has 4 nitrogen and oxygen atoms in total. The van der Waals surface area contributed by atoms with E-state index in [1.807, 2.05) is 30.3 Å². The summed E-state index contributed by atoms with van der Waals surface area (Å²) in [4.78, 5) is 14.0. The molecular weight excluding hydrogens is 228 g/mol. The average Bonchev–Trinajstić information content (AvgIpc) is 2.56. The summed E-state index contributed by atoms with van der Waals surface area (Å²) in [5, 5.41) is 0. The SMILES string of the molecule is COC(c1ccccc1)N1CCCC[C@H](N)C1=O. The topological polar surface area (TPSA) is 55.6 Å². The first kappa shape index (κ1) is 13.1. The molecule has 2 N–H and O–H groups in total. The van der Waals surface area contributed by atoms with Crippen molar-refractivity contribution >= 4 is 5.91 Å². The smallest absolute Gasteiger partial charge is 0.241 e. The molecule has 1 unspecified atom stereocenters. The molecule has 2 rings (SSSR count). The number of hydrogen-bond acceptors (Lipinski definition) is 3. The number of nitrogens with zero attached hydrogens (tertiary/aromatic N) is 1. The molecule has 1 amide bonds. The number of carbonyl (C=O) groups excluding carboxylic acids is 1. The third kappa shape index (κ3) is 2.71. The van der Waals surface area contributed by atoms with Crippen LogP contribution in [-0.4, -0.2) is 30.5 Å². The number of hydrogen-bond donors (Lipinski definition) is 1. The normalized spacial score (nSPS) is 22.7. The van der Waals surface area contributed by atoms with Gasteiger partial charge in [-0.15, -0.1) is 0 Å². The number of benzene rings is 1. The molecule has 0 spiro atoms. The molecule has 4 heteroatoms. The molecule has 1 aromatic carbocycles. The fourth-order valence-electron chi connectivity index (χ4n) is 2.39. The van der Waals surface area contributed by atoms with Gasteiger partial charge in [-0.05, 0) is 19.3 Å². The summed E-state index contributed by atoms with van der Waals surface area (Å²) in [7, 11) is 1.63.